The van der Waals surface area contributed by atoms with Gasteiger partial charge in [-0.1, -0.05) is 44.2 Å². The number of aliphatic imine (C=N–C) groups is 3. The van der Waals surface area contributed by atoms with E-state index >= 15 is 0 Å². The molecule has 0 fully saturated rings. The van der Waals surface area contributed by atoms with E-state index in [0.717, 1.165) is 12.5 Å². The van der Waals surface area contributed by atoms with Crippen molar-refractivity contribution in [1.29, 1.82) is 0 Å². The van der Waals surface area contributed by atoms with Crippen LogP contribution in [0.4, 0.5) is 0 Å². The van der Waals surface area contributed by atoms with E-state index in [9.17, 15) is 92.0 Å². The Labute approximate surface area is 696 Å². The normalized spacial score (nSPS) is 14.4. The number of aliphatic hydroxyl groups excluding tert-OH is 2. The van der Waals surface area contributed by atoms with Crippen molar-refractivity contribution >= 4 is 112 Å². The van der Waals surface area contributed by atoms with Crippen LogP contribution < -0.4 is 137 Å². The Kier molecular flexibility index (Phi) is 52.3. The molecule has 14 atom stereocenters. The highest BCUT2D eigenvalue weighted by Crippen LogP contribution is 2.13. The highest BCUT2D eigenvalue weighted by molar-refractivity contribution is 6.00. The molecule has 0 saturated heterocycles. The molecule has 1 rings (SSSR count). The molecule has 38 N–H and O–H groups in total. The van der Waals surface area contributed by atoms with Crippen molar-refractivity contribution in [1.82, 2.24) is 79.8 Å². The van der Waals surface area contributed by atoms with Crippen molar-refractivity contribution in [2.75, 3.05) is 65.5 Å². The number of nitrogens with zero attached hydrogens (tertiary/aromatic N) is 3. The van der Waals surface area contributed by atoms with Crippen LogP contribution >= 0.6 is 0 Å². The van der Waals surface area contributed by atoms with Crippen LogP contribution in [-0.4, -0.2) is 278 Å². The Morgan fingerprint density at radius 2 is 0.675 bits per heavy atom. The molecule has 0 unspecified atom stereocenters. The topological polar surface area (TPSA) is 812 Å². The lowest BCUT2D eigenvalue weighted by Gasteiger charge is -2.28. The van der Waals surface area contributed by atoms with Gasteiger partial charge in [0.25, 0.3) is 0 Å². The van der Waals surface area contributed by atoms with Crippen molar-refractivity contribution in [3.63, 3.8) is 0 Å². The fourth-order valence-corrected chi connectivity index (χ4v) is 11.3. The number of rotatable bonds is 61. The summed E-state index contributed by atoms with van der Waals surface area (Å²) in [6.07, 6.45) is 0.323. The van der Waals surface area contributed by atoms with Gasteiger partial charge in [-0.3, -0.25) is 86.9 Å². The molecule has 47 nitrogen and oxygen atoms in total. The first-order chi connectivity index (χ1) is 56.7. The lowest BCUT2D eigenvalue weighted by atomic mass is 10.0. The largest absolute Gasteiger partial charge is 0.480 e. The number of amides is 15. The van der Waals surface area contributed by atoms with E-state index in [4.69, 9.17) is 57.3 Å². The summed E-state index contributed by atoms with van der Waals surface area (Å²) in [5.74, 6) is -16.3. The average Bonchev–Trinajstić information content (AvgIpc) is 0.858. The molecule has 0 aliphatic carbocycles. The number of carboxylic acids is 1. The summed E-state index contributed by atoms with van der Waals surface area (Å²) in [4.78, 5) is 228. The average molecular weight is 1700 g/mol. The maximum absolute atomic E-state index is 14.4. The number of benzene rings is 1. The highest BCUT2D eigenvalue weighted by atomic mass is 16.4. The number of hydrogen-bond acceptors (Lipinski definition) is 25. The molecule has 1 aromatic carbocycles. The minimum atomic E-state index is -1.82. The number of nitrogens with one attached hydrogen (secondary N) is 15. The molecule has 0 saturated carbocycles. The number of carbonyl (C=O) groups is 16. The number of carboxylic acid groups (broad SMARTS) is 1. The van der Waals surface area contributed by atoms with Crippen LogP contribution in [0.3, 0.4) is 0 Å². The maximum atomic E-state index is 14.4. The number of aliphatic carboxylic acids is 1. The molecule has 0 aliphatic rings. The van der Waals surface area contributed by atoms with Gasteiger partial charge in [0.1, 0.15) is 72.5 Å². The molecular formula is C73H130N28O19. The van der Waals surface area contributed by atoms with Gasteiger partial charge < -0.3 is 152 Å². The zero-order valence-electron chi connectivity index (χ0n) is 69.1. The molecule has 0 heterocycles. The number of unbranched alkanes of at least 4 members (excludes halogenated alkanes) is 3. The van der Waals surface area contributed by atoms with Gasteiger partial charge in [0.15, 0.2) is 17.9 Å². The third-order valence-electron chi connectivity index (χ3n) is 17.9. The molecule has 0 bridgehead atoms. The van der Waals surface area contributed by atoms with Crippen molar-refractivity contribution in [2.24, 2.45) is 78.2 Å². The molecule has 0 aliphatic heterocycles. The van der Waals surface area contributed by atoms with E-state index in [1.54, 1.807) is 44.2 Å². The predicted molar refractivity (Wildman–Crippen MR) is 442 cm³/mol. The zero-order chi connectivity index (χ0) is 90.6. The van der Waals surface area contributed by atoms with Crippen molar-refractivity contribution in [3.8, 4) is 0 Å². The molecule has 0 spiro atoms. The number of hydrogen-bond donors (Lipinski definition) is 28. The highest BCUT2D eigenvalue weighted by Gasteiger charge is 2.36. The Bertz CT molecular complexity index is 3570. The van der Waals surface area contributed by atoms with E-state index in [1.807, 2.05) is 0 Å². The Morgan fingerprint density at radius 3 is 1.05 bits per heavy atom. The minimum absolute atomic E-state index is 0.00519. The van der Waals surface area contributed by atoms with Gasteiger partial charge in [-0.15, -0.1) is 0 Å². The molecule has 676 valence electrons. The first-order valence-electron chi connectivity index (χ1n) is 39.7. The Hall–Kier alpha value is -11.7. The standard InChI is InChI=1S/C73H130N28O19/c1-39(2)33-52(67(116)91-41(4)59(108)95-50(26-18-32-86-73(82)83)64(113)98-51(70(119)120)23-12-15-29-76)99-65(114)46(21-10-13-27-74)96-63(112)49(25-17-31-85-72(80)81)94-60(109)42(5)92-68(117)53(38-102)100-66(115)47(22-11-14-28-75)97-62(111)48(24-16-30-84-71(78)79)93-58(107)40(3)90-55(105)37-89-69(118)57(43(6)103)101-56(106)36-87-54(104)35-88-61(110)45(77)34-44-19-8-7-9-20-44/h7-9,19-20,39-43,45-53,57,102-103H,10-18,21-38,74-77H2,1-6H3,(H,87,104)(H,88,110)(H,89,118)(H,90,105)(H,91,116)(H,92,117)(H,93,107)(H,94,109)(H,95,108)(H,96,112)(H,97,111)(H,98,113)(H,99,114)(H,100,115)(H,101,106)(H,119,120)(H4,78,79,84)(H4,80,81,85)(H4,82,83,86)/t40-,41-,42-,43+,45-,46-,47-,48-,49-,50-,51-,52-,53-,57-/m0/s1. The second-order valence-electron chi connectivity index (χ2n) is 28.9. The summed E-state index contributed by atoms with van der Waals surface area (Å²) >= 11 is 0. The smallest absolute Gasteiger partial charge is 0.326 e. The van der Waals surface area contributed by atoms with Gasteiger partial charge in [-0.2, -0.15) is 0 Å². The lowest BCUT2D eigenvalue weighted by molar-refractivity contribution is -0.142. The lowest BCUT2D eigenvalue weighted by Crippen LogP contribution is -2.60. The molecule has 1 aromatic rings. The quantitative estimate of drug-likeness (QED) is 0.0164. The van der Waals surface area contributed by atoms with Crippen LogP contribution in [0.2, 0.25) is 0 Å². The summed E-state index contributed by atoms with van der Waals surface area (Å²) in [6.45, 7) is 5.79. The fourth-order valence-electron chi connectivity index (χ4n) is 11.3. The second kappa shape index (κ2) is 59.1. The van der Waals surface area contributed by atoms with E-state index < -0.39 is 205 Å². The third kappa shape index (κ3) is 45.3. The van der Waals surface area contributed by atoms with Crippen LogP contribution in [0.25, 0.3) is 0 Å². The van der Waals surface area contributed by atoms with Crippen molar-refractivity contribution < 1.29 is 92.0 Å². The number of carbonyl (C=O) groups excluding carboxylic acids is 15. The summed E-state index contributed by atoms with van der Waals surface area (Å²) in [5, 5.41) is 67.3. The van der Waals surface area contributed by atoms with Gasteiger partial charge in [0.05, 0.1) is 38.4 Å². The van der Waals surface area contributed by atoms with Crippen molar-refractivity contribution in [2.45, 2.75) is 235 Å². The predicted octanol–water partition coefficient (Wildman–Crippen LogP) is -11.2. The summed E-state index contributed by atoms with van der Waals surface area (Å²) in [5.41, 5.74) is 56.9. The van der Waals surface area contributed by atoms with Gasteiger partial charge in [0.2, 0.25) is 88.6 Å². The summed E-state index contributed by atoms with van der Waals surface area (Å²) in [6, 6.07) is -9.81. The first-order valence-corrected chi connectivity index (χ1v) is 39.7. The van der Waals surface area contributed by atoms with E-state index in [-0.39, 0.29) is 147 Å². The van der Waals surface area contributed by atoms with E-state index in [2.05, 4.69) is 94.7 Å². The minimum Gasteiger partial charge on any atom is -0.480 e. The second-order valence-corrected chi connectivity index (χ2v) is 28.9. The SMILES string of the molecule is CC(C)C[C@H](NC(=O)[C@H](CCCCN)NC(=O)[C@H](CCCN=C(N)N)NC(=O)[C@H](C)NC(=O)[C@H](CO)NC(=O)[C@H](CCCCN)NC(=O)[C@H](CCCN=C(N)N)NC(=O)[C@H](C)NC(=O)CNC(=O)[C@@H](NC(=O)CNC(=O)CNC(=O)[C@@H](N)Cc1ccccc1)[C@@H](C)O)C(=O)N[C@@H](C)C(=O)N[C@@H](CCCN=C(N)N)C(=O)N[C@@H](CCCCN)C(=O)O. The third-order valence-corrected chi connectivity index (χ3v) is 17.9. The van der Waals surface area contributed by atoms with Crippen LogP contribution in [0, 0.1) is 5.92 Å². The van der Waals surface area contributed by atoms with Crippen LogP contribution in [0.1, 0.15) is 150 Å². The molecule has 47 heteroatoms. The first kappa shape index (κ1) is 106. The van der Waals surface area contributed by atoms with Gasteiger partial charge in [-0.05, 0) is 168 Å². The van der Waals surface area contributed by atoms with E-state index in [0.29, 0.717) is 25.7 Å². The molecule has 15 amide bonds. The zero-order valence-corrected chi connectivity index (χ0v) is 69.1. The number of nitrogens with two attached hydrogens (primary N) is 10. The fraction of sp³-hybridized carbons (Fsp3) is 0.658. The van der Waals surface area contributed by atoms with Crippen molar-refractivity contribution in [3.05, 3.63) is 35.9 Å². The summed E-state index contributed by atoms with van der Waals surface area (Å²) < 4.78 is 0. The van der Waals surface area contributed by atoms with E-state index in [1.165, 1.54) is 20.8 Å². The number of aliphatic hydroxyl groups is 2. The van der Waals surface area contributed by atoms with Crippen LogP contribution in [-0.2, 0) is 83.1 Å². The monoisotopic (exact) mass is 1700 g/mol. The maximum Gasteiger partial charge on any atom is 0.326 e. The molecule has 0 aromatic heterocycles. The molecule has 120 heavy (non-hydrogen) atoms. The van der Waals surface area contributed by atoms with Crippen LogP contribution in [0.5, 0.6) is 0 Å². The van der Waals surface area contributed by atoms with Gasteiger partial charge in [-0.25, -0.2) is 4.79 Å². The van der Waals surface area contributed by atoms with Crippen LogP contribution in [0.15, 0.2) is 45.3 Å². The Balaban J connectivity index is 3.36. The van der Waals surface area contributed by atoms with Gasteiger partial charge in [0, 0.05) is 19.6 Å². The van der Waals surface area contributed by atoms with Gasteiger partial charge >= 0.3 is 5.97 Å². The Morgan fingerprint density at radius 1 is 0.358 bits per heavy atom. The number of guanidine groups is 3. The summed E-state index contributed by atoms with van der Waals surface area (Å²) in [7, 11) is 0. The molecule has 0 radical (unpaired) electrons. The molecular weight excluding hydrogens is 1570 g/mol.